The van der Waals surface area contributed by atoms with Crippen molar-refractivity contribution >= 4 is 16.3 Å². The molecule has 0 aliphatic rings. The van der Waals surface area contributed by atoms with E-state index in [-0.39, 0.29) is 11.3 Å². The molecule has 0 aliphatic heterocycles. The van der Waals surface area contributed by atoms with E-state index >= 15 is 0 Å². The highest BCUT2D eigenvalue weighted by atomic mass is 32.3. The third kappa shape index (κ3) is 3.90. The number of aromatic hydroxyl groups is 1. The summed E-state index contributed by atoms with van der Waals surface area (Å²) in [6.07, 6.45) is 0. The first kappa shape index (κ1) is 21.7. The van der Waals surface area contributed by atoms with E-state index in [0.717, 1.165) is 31.4 Å². The second-order valence-electron chi connectivity index (χ2n) is 7.80. The van der Waals surface area contributed by atoms with E-state index in [1.54, 1.807) is 18.2 Å². The zero-order valence-electron chi connectivity index (χ0n) is 18.4. The molecule has 0 aromatic heterocycles. The fourth-order valence-corrected chi connectivity index (χ4v) is 7.60. The maximum Gasteiger partial charge on any atom is 0.353 e. The topological polar surface area (TPSA) is 46.5 Å². The van der Waals surface area contributed by atoms with E-state index in [2.05, 4.69) is 32.9 Å². The predicted molar refractivity (Wildman–Crippen MR) is 129 cm³/mol. The number of phenols is 1. The molecule has 4 heteroatoms. The van der Waals surface area contributed by atoms with Gasteiger partial charge in [0.1, 0.15) is 11.3 Å². The Bertz CT molecular complexity index is 1190. The van der Waals surface area contributed by atoms with Crippen molar-refractivity contribution in [1.29, 1.82) is 0 Å². The fourth-order valence-electron chi connectivity index (χ4n) is 4.16. The zero-order valence-corrected chi connectivity index (χ0v) is 19.2. The van der Waals surface area contributed by atoms with Crippen molar-refractivity contribution in [2.75, 3.05) is 0 Å². The Balaban J connectivity index is 2.05. The van der Waals surface area contributed by atoms with Crippen molar-refractivity contribution in [3.05, 3.63) is 119 Å². The van der Waals surface area contributed by atoms with Crippen LogP contribution in [0, 0.1) is 20.8 Å². The van der Waals surface area contributed by atoms with Crippen LogP contribution in [-0.4, -0.2) is 11.1 Å². The smallest absolute Gasteiger partial charge is 0.353 e. The van der Waals surface area contributed by atoms with Crippen LogP contribution >= 0.6 is 10.3 Å². The van der Waals surface area contributed by atoms with Gasteiger partial charge in [0.2, 0.25) is 0 Å². The third-order valence-corrected chi connectivity index (χ3v) is 8.86. The minimum absolute atomic E-state index is 0.0933. The normalized spacial score (nSPS) is 11.7. The number of hydrogen-bond acceptors (Lipinski definition) is 3. The van der Waals surface area contributed by atoms with Crippen molar-refractivity contribution in [3.63, 3.8) is 0 Å². The Morgan fingerprint density at radius 1 is 0.719 bits per heavy atom. The number of para-hydroxylation sites is 1. The lowest BCUT2D eigenvalue weighted by Crippen LogP contribution is -2.16. The Morgan fingerprint density at radius 2 is 1.19 bits per heavy atom. The number of benzene rings is 4. The Labute approximate surface area is 190 Å². The molecule has 1 N–H and O–H groups in total. The molecular weight excluding hydrogens is 416 g/mol. The van der Waals surface area contributed by atoms with Gasteiger partial charge in [0.15, 0.2) is 0 Å². The number of rotatable bonds is 5. The van der Waals surface area contributed by atoms with Crippen molar-refractivity contribution in [1.82, 2.24) is 0 Å². The average molecular weight is 443 g/mol. The number of hydrogen-bond donors (Lipinski definition) is 1. The minimum atomic E-state index is -2.44. The van der Waals surface area contributed by atoms with Gasteiger partial charge in [0.25, 0.3) is 0 Å². The summed E-state index contributed by atoms with van der Waals surface area (Å²) in [5, 5.41) is 10.3. The monoisotopic (exact) mass is 442 g/mol. The van der Waals surface area contributed by atoms with Gasteiger partial charge in [-0.25, -0.2) is 4.79 Å². The van der Waals surface area contributed by atoms with Gasteiger partial charge in [0, 0.05) is 14.7 Å². The number of carbonyl (C=O) groups excluding carboxylic acids is 1. The van der Waals surface area contributed by atoms with E-state index in [1.165, 1.54) is 6.07 Å². The summed E-state index contributed by atoms with van der Waals surface area (Å²) in [4.78, 5) is 16.4. The van der Waals surface area contributed by atoms with Gasteiger partial charge in [-0.15, -0.1) is 0 Å². The number of phenolic OH excluding ortho intramolecular Hbond substituents is 1. The minimum Gasteiger partial charge on any atom is -0.507 e. The molecule has 0 saturated heterocycles. The molecule has 4 rings (SSSR count). The SMILES string of the molecule is Cc1cc(C)c(S(OC(=O)c2ccccc2O)(c2ccccc2)c2ccccc2)c(C)c1. The second kappa shape index (κ2) is 8.93. The highest BCUT2D eigenvalue weighted by Gasteiger charge is 2.38. The molecular formula is C28H26O3S. The van der Waals surface area contributed by atoms with Crippen molar-refractivity contribution in [2.24, 2.45) is 0 Å². The van der Waals surface area contributed by atoms with Gasteiger partial charge < -0.3 is 9.29 Å². The summed E-state index contributed by atoms with van der Waals surface area (Å²) in [5.41, 5.74) is 3.44. The molecule has 0 amide bonds. The van der Waals surface area contributed by atoms with Crippen LogP contribution in [0.15, 0.2) is 112 Å². The fraction of sp³-hybridized carbons (Fsp3) is 0.107. The first-order valence-electron chi connectivity index (χ1n) is 10.5. The van der Waals surface area contributed by atoms with Crippen LogP contribution < -0.4 is 0 Å². The van der Waals surface area contributed by atoms with Crippen molar-refractivity contribution in [3.8, 4) is 5.75 Å². The Hall–Kier alpha value is -3.50. The number of carbonyl (C=O) groups is 1. The first-order valence-corrected chi connectivity index (χ1v) is 12.0. The number of aryl methyl sites for hydroxylation is 3. The molecule has 0 bridgehead atoms. The van der Waals surface area contributed by atoms with Crippen LogP contribution in [0.2, 0.25) is 0 Å². The van der Waals surface area contributed by atoms with E-state index in [9.17, 15) is 9.90 Å². The summed E-state index contributed by atoms with van der Waals surface area (Å²) >= 11 is 0. The lowest BCUT2D eigenvalue weighted by atomic mass is 10.1. The van der Waals surface area contributed by atoms with Crippen molar-refractivity contribution < 1.29 is 14.1 Å². The summed E-state index contributed by atoms with van der Waals surface area (Å²) < 4.78 is 6.55. The highest BCUT2D eigenvalue weighted by Crippen LogP contribution is 2.71. The van der Waals surface area contributed by atoms with Crippen LogP contribution in [0.5, 0.6) is 5.75 Å². The average Bonchev–Trinajstić information content (AvgIpc) is 2.79. The molecule has 0 unspecified atom stereocenters. The predicted octanol–water partition coefficient (Wildman–Crippen LogP) is 7.37. The maximum absolute atomic E-state index is 13.5. The molecule has 0 fully saturated rings. The Morgan fingerprint density at radius 3 is 1.69 bits per heavy atom. The van der Waals surface area contributed by atoms with Gasteiger partial charge in [-0.05, 0) is 78.6 Å². The Kier molecular flexibility index (Phi) is 6.06. The standard InChI is InChI=1S/C28H26O3S/c1-20-18-21(2)27(22(3)19-20)32(23-12-6-4-7-13-23,24-14-8-5-9-15-24)31-28(30)25-16-10-11-17-26(25)29/h4-19,29H,1-3H3. The lowest BCUT2D eigenvalue weighted by Gasteiger charge is -2.41. The highest BCUT2D eigenvalue weighted by molar-refractivity contribution is 8.30. The molecule has 4 aromatic carbocycles. The summed E-state index contributed by atoms with van der Waals surface area (Å²) in [5.74, 6) is -0.644. The van der Waals surface area contributed by atoms with E-state index in [0.29, 0.717) is 0 Å². The molecule has 0 saturated carbocycles. The van der Waals surface area contributed by atoms with Crippen LogP contribution in [0.1, 0.15) is 27.0 Å². The molecule has 4 aromatic rings. The van der Waals surface area contributed by atoms with Gasteiger partial charge in [-0.2, -0.15) is 0 Å². The molecule has 0 radical (unpaired) electrons. The van der Waals surface area contributed by atoms with Crippen LogP contribution in [-0.2, 0) is 4.18 Å². The zero-order chi connectivity index (χ0) is 22.7. The molecule has 0 heterocycles. The summed E-state index contributed by atoms with van der Waals surface area (Å²) in [7, 11) is -2.44. The molecule has 0 aliphatic carbocycles. The van der Waals surface area contributed by atoms with Crippen LogP contribution in [0.25, 0.3) is 0 Å². The first-order chi connectivity index (χ1) is 15.4. The van der Waals surface area contributed by atoms with E-state index in [4.69, 9.17) is 4.18 Å². The summed E-state index contributed by atoms with van der Waals surface area (Å²) in [6, 6.07) is 30.6. The quantitative estimate of drug-likeness (QED) is 0.351. The van der Waals surface area contributed by atoms with Gasteiger partial charge >= 0.3 is 5.97 Å². The molecule has 32 heavy (non-hydrogen) atoms. The summed E-state index contributed by atoms with van der Waals surface area (Å²) in [6.45, 7) is 6.20. The largest absolute Gasteiger partial charge is 0.507 e. The molecule has 0 atom stereocenters. The van der Waals surface area contributed by atoms with Gasteiger partial charge in [0.05, 0.1) is 0 Å². The lowest BCUT2D eigenvalue weighted by molar-refractivity contribution is 0.0754. The maximum atomic E-state index is 13.5. The molecule has 3 nitrogen and oxygen atoms in total. The van der Waals surface area contributed by atoms with E-state index < -0.39 is 16.3 Å². The van der Waals surface area contributed by atoms with Crippen molar-refractivity contribution in [2.45, 2.75) is 35.5 Å². The van der Waals surface area contributed by atoms with E-state index in [1.807, 2.05) is 60.7 Å². The molecule has 162 valence electrons. The van der Waals surface area contributed by atoms with Gasteiger partial charge in [-0.1, -0.05) is 66.2 Å². The van der Waals surface area contributed by atoms with Crippen LogP contribution in [0.3, 0.4) is 0 Å². The second-order valence-corrected chi connectivity index (χ2v) is 10.4. The molecule has 0 spiro atoms. The third-order valence-electron chi connectivity index (χ3n) is 5.37. The van der Waals surface area contributed by atoms with Gasteiger partial charge in [-0.3, -0.25) is 0 Å². The van der Waals surface area contributed by atoms with Crippen LogP contribution in [0.4, 0.5) is 0 Å².